The summed E-state index contributed by atoms with van der Waals surface area (Å²) < 4.78 is 66.6. The Morgan fingerprint density at radius 2 is 1.73 bits per heavy atom. The summed E-state index contributed by atoms with van der Waals surface area (Å²) in [7, 11) is -14.5. The zero-order chi connectivity index (χ0) is 51.5. The van der Waals surface area contributed by atoms with E-state index in [-0.39, 0.29) is 41.5 Å². The number of aliphatic imine (C=N–C) groups is 1. The van der Waals surface area contributed by atoms with Gasteiger partial charge in [-0.25, -0.2) is 23.3 Å². The molecule has 28 heteroatoms. The molecule has 23 nitrogen and oxygen atoms in total. The van der Waals surface area contributed by atoms with Gasteiger partial charge in [0.2, 0.25) is 0 Å². The lowest BCUT2D eigenvalue weighted by atomic mass is 9.73. The molecule has 8 N–H and O–H groups in total. The number of H-pyrrole nitrogens is 1. The summed E-state index contributed by atoms with van der Waals surface area (Å²) in [4.78, 5) is 95.5. The van der Waals surface area contributed by atoms with Crippen molar-refractivity contribution in [1.82, 2.24) is 14.9 Å². The van der Waals surface area contributed by atoms with Crippen molar-refractivity contribution in [1.29, 1.82) is 0 Å². The van der Waals surface area contributed by atoms with Gasteiger partial charge in [-0.1, -0.05) is 33.7 Å². The summed E-state index contributed by atoms with van der Waals surface area (Å²) in [6.45, 7) is 13.5. The van der Waals surface area contributed by atoms with Gasteiger partial charge in [-0.3, -0.25) is 28.7 Å². The van der Waals surface area contributed by atoms with Crippen LogP contribution < -0.4 is 26.6 Å². The molecule has 3 aromatic rings. The van der Waals surface area contributed by atoms with E-state index in [1.54, 1.807) is 12.1 Å². The molecule has 1 aliphatic carbocycles. The minimum absolute atomic E-state index is 0.0438. The predicted octanol–water partition coefficient (Wildman–Crippen LogP) is 6.29. The lowest BCUT2D eigenvalue weighted by Gasteiger charge is -2.37. The van der Waals surface area contributed by atoms with E-state index < -0.39 is 82.3 Å². The zero-order valence-corrected chi connectivity index (χ0v) is 43.2. The number of anilines is 1. The number of benzene rings is 2. The van der Waals surface area contributed by atoms with E-state index in [0.29, 0.717) is 30.2 Å². The highest BCUT2D eigenvalue weighted by Crippen LogP contribution is 2.66. The Bertz CT molecular complexity index is 2880. The minimum atomic E-state index is -5.81. The Hall–Kier alpha value is -4.16. The first-order valence-corrected chi connectivity index (χ1v) is 28.4. The number of aromatic nitrogens is 2. The number of ether oxygens (including phenoxy) is 3. The molecule has 2 aromatic carbocycles. The molecule has 70 heavy (non-hydrogen) atoms. The Morgan fingerprint density at radius 1 is 1.00 bits per heavy atom. The first-order valence-electron chi connectivity index (χ1n) is 21.5. The normalized spacial score (nSPS) is 22.4. The number of amides is 1. The molecule has 7 atom stereocenters. The quantitative estimate of drug-likeness (QED) is 0.0251. The van der Waals surface area contributed by atoms with Crippen LogP contribution in [0.3, 0.4) is 0 Å². The number of nitrogens with one attached hydrogen (secondary N) is 3. The average molecular weight is 1070 g/mol. The third kappa shape index (κ3) is 13.9. The molecule has 382 valence electrons. The van der Waals surface area contributed by atoms with E-state index in [4.69, 9.17) is 28.5 Å². The molecule has 1 aromatic heterocycles. The van der Waals surface area contributed by atoms with Crippen LogP contribution in [0.4, 0.5) is 5.69 Å². The van der Waals surface area contributed by atoms with E-state index in [0.717, 1.165) is 32.7 Å². The highest BCUT2D eigenvalue weighted by molar-refractivity contribution is 8.77. The summed E-state index contributed by atoms with van der Waals surface area (Å²) in [6.07, 6.45) is 1.77. The smallest absolute Gasteiger partial charge is 0.478 e. The number of rotatable bonds is 21. The van der Waals surface area contributed by atoms with E-state index in [9.17, 15) is 47.8 Å². The van der Waals surface area contributed by atoms with Crippen molar-refractivity contribution in [3.63, 3.8) is 0 Å². The highest BCUT2D eigenvalue weighted by atomic mass is 33.1. The Labute approximate surface area is 409 Å². The molecule has 1 amide bonds. The fourth-order valence-corrected chi connectivity index (χ4v) is 13.1. The van der Waals surface area contributed by atoms with Crippen LogP contribution in [0.15, 0.2) is 74.6 Å². The topological polar surface area (TPSA) is 333 Å². The molecule has 0 radical (unpaired) electrons. The van der Waals surface area contributed by atoms with Crippen molar-refractivity contribution in [2.75, 3.05) is 37.5 Å². The number of allylic oxidation sites excluding steroid dienone is 3. The molecule has 0 saturated carbocycles. The molecule has 3 aliphatic rings. The molecule has 1 saturated heterocycles. The number of carboxylic acid groups (broad SMARTS) is 1. The van der Waals surface area contributed by atoms with Crippen molar-refractivity contribution in [3.8, 4) is 5.75 Å². The second kappa shape index (κ2) is 22.3. The maximum Gasteiger partial charge on any atom is 0.490 e. The van der Waals surface area contributed by atoms with E-state index >= 15 is 0 Å². The number of aromatic carboxylic acids is 1. The molecular formula is C42H54N5O18P3S2. The monoisotopic (exact) mass is 1070 g/mol. The SMILES string of the molecule is CCN=C1C=C2Oc3cc(NCC)c(C)cc3C(c3ccc(C(=O)NCC(C)(C)SSCOC4C[C@H](n5cc(C)c(=O)[nH]c5=O)O[C@@H]4COP(=O)(O)OP(=O)(O)OP(=O)(O)O)cc3C(=O)O)C2C=C1C. The van der Waals surface area contributed by atoms with E-state index in [2.05, 4.69) is 29.2 Å². The van der Waals surface area contributed by atoms with Crippen LogP contribution in [0.25, 0.3) is 0 Å². The molecule has 3 heterocycles. The lowest BCUT2D eigenvalue weighted by molar-refractivity contribution is -0.0543. The summed E-state index contributed by atoms with van der Waals surface area (Å²) in [5, 5.41) is 16.9. The van der Waals surface area contributed by atoms with Gasteiger partial charge in [-0.2, -0.15) is 8.62 Å². The zero-order valence-electron chi connectivity index (χ0n) is 38.8. The third-order valence-corrected chi connectivity index (χ3v) is 17.8. The Kier molecular flexibility index (Phi) is 17.6. The van der Waals surface area contributed by atoms with Crippen molar-refractivity contribution in [2.24, 2.45) is 10.9 Å². The fraction of sp³-hybridized carbons (Fsp3) is 0.452. The van der Waals surface area contributed by atoms with Crippen molar-refractivity contribution in [2.45, 2.75) is 84.0 Å². The predicted molar refractivity (Wildman–Crippen MR) is 260 cm³/mol. The molecule has 0 spiro atoms. The first-order chi connectivity index (χ1) is 32.7. The van der Waals surface area contributed by atoms with Crippen LogP contribution in [0.2, 0.25) is 0 Å². The number of phosphoric ester groups is 1. The molecular weight excluding hydrogens is 1020 g/mol. The van der Waals surface area contributed by atoms with Gasteiger partial charge in [0.1, 0.15) is 29.8 Å². The number of aromatic amines is 1. The molecule has 5 unspecified atom stereocenters. The number of fused-ring (bicyclic) bond motifs is 2. The molecule has 6 rings (SSSR count). The number of phosphoric acid groups is 3. The summed E-state index contributed by atoms with van der Waals surface area (Å²) in [5.41, 5.74) is 3.63. The second-order valence-corrected chi connectivity index (χ2v) is 24.3. The van der Waals surface area contributed by atoms with Crippen LogP contribution >= 0.6 is 45.1 Å². The minimum Gasteiger partial charge on any atom is -0.478 e. The maximum atomic E-state index is 13.7. The number of nitrogens with zero attached hydrogens (tertiary/aromatic N) is 2. The number of carboxylic acids is 1. The number of hydrogen-bond acceptors (Lipinski definition) is 17. The Morgan fingerprint density at radius 3 is 2.40 bits per heavy atom. The van der Waals surface area contributed by atoms with Crippen LogP contribution in [-0.4, -0.2) is 101 Å². The van der Waals surface area contributed by atoms with Gasteiger partial charge in [0.25, 0.3) is 11.5 Å². The van der Waals surface area contributed by atoms with E-state index in [1.807, 2.05) is 65.8 Å². The van der Waals surface area contributed by atoms with Crippen LogP contribution in [-0.2, 0) is 36.3 Å². The van der Waals surface area contributed by atoms with Gasteiger partial charge >= 0.3 is 35.1 Å². The van der Waals surface area contributed by atoms with Gasteiger partial charge in [0.15, 0.2) is 0 Å². The van der Waals surface area contributed by atoms with Crippen molar-refractivity contribution in [3.05, 3.63) is 114 Å². The standard InChI is InChI=1S/C42H54N5O18P3S2/c1-8-43-30-15-32-28(12-22(30)3)37(29-13-23(4)31(44-9-2)16-33(29)62-32)26-11-10-25(14-27(26)40(50)51)39(49)45-20-42(6,7)70-69-21-60-34-17-36(47-18-24(5)38(48)46-41(47)52)63-35(34)19-61-67(56,57)65-68(58,59)64-66(53,54)55/h10-16,18,28,34-37,44H,8-9,17,19-21H2,1-7H3,(H,45,49)(H,50,51)(H,56,57)(H,58,59)(H,46,48,52)(H2,53,54,55)/t28?,34?,35-,36-,37?/m1/s1. The molecule has 0 bridgehead atoms. The van der Waals surface area contributed by atoms with Crippen molar-refractivity contribution >= 4 is 68.3 Å². The number of carbonyl (C=O) groups excluding carboxylic acids is 1. The van der Waals surface area contributed by atoms with Crippen LogP contribution in [0.5, 0.6) is 5.75 Å². The number of aryl methyl sites for hydroxylation is 2. The highest BCUT2D eigenvalue weighted by Gasteiger charge is 2.44. The number of carbonyl (C=O) groups is 2. The van der Waals surface area contributed by atoms with Crippen molar-refractivity contribution < 1.29 is 75.3 Å². The maximum absolute atomic E-state index is 13.7. The second-order valence-electron chi connectivity index (χ2n) is 16.9. The number of hydrogen-bond donors (Lipinski definition) is 8. The van der Waals surface area contributed by atoms with Gasteiger partial charge < -0.3 is 49.5 Å². The van der Waals surface area contributed by atoms with Gasteiger partial charge in [0, 0.05) is 83.4 Å². The fourth-order valence-electron chi connectivity index (χ4n) is 7.93. The molecule has 1 fully saturated rings. The summed E-state index contributed by atoms with van der Waals surface area (Å²) in [6, 6.07) is 8.58. The Balaban J connectivity index is 1.13. The van der Waals surface area contributed by atoms with Gasteiger partial charge in [-0.15, -0.1) is 0 Å². The summed E-state index contributed by atoms with van der Waals surface area (Å²) >= 11 is 0. The largest absolute Gasteiger partial charge is 0.490 e. The summed E-state index contributed by atoms with van der Waals surface area (Å²) in [5.74, 6) is -1.41. The third-order valence-electron chi connectivity index (χ3n) is 11.0. The average Bonchev–Trinajstić information content (AvgIpc) is 3.66. The molecule has 2 aliphatic heterocycles. The lowest BCUT2D eigenvalue weighted by Crippen LogP contribution is -2.36. The van der Waals surface area contributed by atoms with Crippen LogP contribution in [0, 0.1) is 19.8 Å². The first kappa shape index (κ1) is 55.2. The van der Waals surface area contributed by atoms with E-state index in [1.165, 1.54) is 40.8 Å². The van der Waals surface area contributed by atoms with Gasteiger partial charge in [-0.05, 0) is 83.4 Å². The van der Waals surface area contributed by atoms with Gasteiger partial charge in [0.05, 0.1) is 24.0 Å². The van der Waals surface area contributed by atoms with Crippen LogP contribution in [0.1, 0.15) is 96.2 Å².